The fraction of sp³-hybridized carbons (Fsp3) is 0.368. The molecule has 0 aliphatic carbocycles. The van der Waals surface area contributed by atoms with E-state index in [0.717, 1.165) is 30.9 Å². The molecule has 0 unspecified atom stereocenters. The fourth-order valence-electron chi connectivity index (χ4n) is 2.99. The van der Waals surface area contributed by atoms with Gasteiger partial charge in [-0.3, -0.25) is 9.69 Å². The van der Waals surface area contributed by atoms with E-state index in [0.29, 0.717) is 24.7 Å². The number of carbonyl (C=O) groups is 1. The Balaban J connectivity index is 1.60. The zero-order chi connectivity index (χ0) is 17.6. The number of hydrogen-bond donors (Lipinski definition) is 0. The van der Waals surface area contributed by atoms with E-state index in [4.69, 9.17) is 16.3 Å². The Bertz CT molecular complexity index is 721. The Labute approximate surface area is 153 Å². The van der Waals surface area contributed by atoms with Gasteiger partial charge in [-0.05, 0) is 29.3 Å². The van der Waals surface area contributed by atoms with E-state index in [1.165, 1.54) is 5.56 Å². The van der Waals surface area contributed by atoms with Gasteiger partial charge in [0.25, 0.3) is 0 Å². The molecule has 1 fully saturated rings. The number of nitrogens with zero attached hydrogens (tertiary/aromatic N) is 3. The van der Waals surface area contributed by atoms with Crippen LogP contribution in [0.1, 0.15) is 17.5 Å². The van der Waals surface area contributed by atoms with Crippen LogP contribution in [0.25, 0.3) is 0 Å². The highest BCUT2D eigenvalue weighted by atomic mass is 35.5. The van der Waals surface area contributed by atoms with Gasteiger partial charge in [0.2, 0.25) is 5.91 Å². The van der Waals surface area contributed by atoms with Crippen molar-refractivity contribution in [1.29, 1.82) is 0 Å². The Hall–Kier alpha value is -2.11. The first-order valence-corrected chi connectivity index (χ1v) is 8.75. The van der Waals surface area contributed by atoms with Crippen molar-refractivity contribution in [2.24, 2.45) is 0 Å². The van der Waals surface area contributed by atoms with Gasteiger partial charge in [0.1, 0.15) is 10.9 Å². The van der Waals surface area contributed by atoms with E-state index in [2.05, 4.69) is 16.0 Å². The lowest BCUT2D eigenvalue weighted by Gasteiger charge is -2.22. The monoisotopic (exact) mass is 359 g/mol. The van der Waals surface area contributed by atoms with Crippen LogP contribution in [-0.2, 0) is 17.9 Å². The SMILES string of the molecule is COc1cccc(CN2CCC(=O)N(Cc3ccc(Cl)nc3)CC2)c1. The zero-order valence-corrected chi connectivity index (χ0v) is 15.1. The quantitative estimate of drug-likeness (QED) is 0.770. The molecule has 1 aromatic heterocycles. The Kier molecular flexibility index (Phi) is 5.89. The molecule has 0 radical (unpaired) electrons. The Morgan fingerprint density at radius 2 is 2.00 bits per heavy atom. The van der Waals surface area contributed by atoms with Gasteiger partial charge in [0, 0.05) is 45.3 Å². The lowest BCUT2D eigenvalue weighted by Crippen LogP contribution is -2.32. The number of benzene rings is 1. The zero-order valence-electron chi connectivity index (χ0n) is 14.3. The molecule has 5 nitrogen and oxygen atoms in total. The van der Waals surface area contributed by atoms with E-state index in [-0.39, 0.29) is 5.91 Å². The molecule has 0 saturated carbocycles. The van der Waals surface area contributed by atoms with Crippen LogP contribution in [0.3, 0.4) is 0 Å². The minimum Gasteiger partial charge on any atom is -0.497 e. The van der Waals surface area contributed by atoms with Crippen molar-refractivity contribution in [3.8, 4) is 5.75 Å². The number of amides is 1. The summed E-state index contributed by atoms with van der Waals surface area (Å²) in [6.07, 6.45) is 2.26. The molecule has 3 rings (SSSR count). The molecule has 2 aromatic rings. The molecule has 25 heavy (non-hydrogen) atoms. The van der Waals surface area contributed by atoms with Crippen LogP contribution in [0.15, 0.2) is 42.6 Å². The summed E-state index contributed by atoms with van der Waals surface area (Å²) in [7, 11) is 1.67. The van der Waals surface area contributed by atoms with Gasteiger partial charge >= 0.3 is 0 Å². The van der Waals surface area contributed by atoms with Crippen molar-refractivity contribution in [2.45, 2.75) is 19.5 Å². The number of carbonyl (C=O) groups excluding carboxylic acids is 1. The van der Waals surface area contributed by atoms with Crippen molar-refractivity contribution in [2.75, 3.05) is 26.7 Å². The van der Waals surface area contributed by atoms with Crippen LogP contribution in [0, 0.1) is 0 Å². The average Bonchev–Trinajstić information content (AvgIpc) is 2.80. The van der Waals surface area contributed by atoms with E-state index >= 15 is 0 Å². The van der Waals surface area contributed by atoms with Crippen molar-refractivity contribution in [1.82, 2.24) is 14.8 Å². The van der Waals surface area contributed by atoms with Crippen LogP contribution in [0.5, 0.6) is 5.75 Å². The van der Waals surface area contributed by atoms with Gasteiger partial charge in [-0.25, -0.2) is 4.98 Å². The standard InChI is InChI=1S/C19H22ClN3O2/c1-25-17-4-2-3-15(11-17)13-22-8-7-19(24)23(10-9-22)14-16-5-6-18(20)21-12-16/h2-6,11-12H,7-10,13-14H2,1H3. The summed E-state index contributed by atoms with van der Waals surface area (Å²) in [5.74, 6) is 1.04. The largest absolute Gasteiger partial charge is 0.497 e. The van der Waals surface area contributed by atoms with E-state index in [1.54, 1.807) is 19.4 Å². The molecule has 6 heteroatoms. The molecule has 0 bridgehead atoms. The topological polar surface area (TPSA) is 45.7 Å². The van der Waals surface area contributed by atoms with E-state index in [1.807, 2.05) is 29.2 Å². The first kappa shape index (κ1) is 17.7. The minimum atomic E-state index is 0.183. The normalized spacial score (nSPS) is 15.9. The van der Waals surface area contributed by atoms with Crippen molar-refractivity contribution < 1.29 is 9.53 Å². The molecule has 1 amide bonds. The molecular formula is C19H22ClN3O2. The van der Waals surface area contributed by atoms with Gasteiger partial charge in [-0.15, -0.1) is 0 Å². The third-order valence-corrected chi connectivity index (χ3v) is 4.61. The Morgan fingerprint density at radius 3 is 2.76 bits per heavy atom. The smallest absolute Gasteiger partial charge is 0.224 e. The van der Waals surface area contributed by atoms with Crippen molar-refractivity contribution in [3.05, 3.63) is 58.9 Å². The number of ether oxygens (including phenoxy) is 1. The number of pyridine rings is 1. The van der Waals surface area contributed by atoms with Crippen LogP contribution in [0.4, 0.5) is 0 Å². The summed E-state index contributed by atoms with van der Waals surface area (Å²) in [6.45, 7) is 3.73. The minimum absolute atomic E-state index is 0.183. The summed E-state index contributed by atoms with van der Waals surface area (Å²) in [5.41, 5.74) is 2.20. The molecule has 0 atom stereocenters. The highest BCUT2D eigenvalue weighted by Crippen LogP contribution is 2.17. The Morgan fingerprint density at radius 1 is 1.12 bits per heavy atom. The number of hydrogen-bond acceptors (Lipinski definition) is 4. The maximum absolute atomic E-state index is 12.4. The molecule has 2 heterocycles. The predicted molar refractivity (Wildman–Crippen MR) is 97.6 cm³/mol. The second kappa shape index (κ2) is 8.32. The van der Waals surface area contributed by atoms with Crippen LogP contribution in [-0.4, -0.2) is 47.4 Å². The fourth-order valence-corrected chi connectivity index (χ4v) is 3.10. The van der Waals surface area contributed by atoms with Crippen LogP contribution < -0.4 is 4.74 Å². The lowest BCUT2D eigenvalue weighted by atomic mass is 10.2. The van der Waals surface area contributed by atoms with Gasteiger partial charge in [0.15, 0.2) is 0 Å². The molecule has 0 N–H and O–H groups in total. The number of methoxy groups -OCH3 is 1. The third-order valence-electron chi connectivity index (χ3n) is 4.38. The second-order valence-corrected chi connectivity index (χ2v) is 6.57. The maximum Gasteiger partial charge on any atom is 0.224 e. The number of halogens is 1. The van der Waals surface area contributed by atoms with Crippen molar-refractivity contribution in [3.63, 3.8) is 0 Å². The first-order chi connectivity index (χ1) is 12.1. The summed E-state index contributed by atoms with van der Waals surface area (Å²) in [5, 5.41) is 0.468. The highest BCUT2D eigenvalue weighted by molar-refractivity contribution is 6.29. The molecule has 1 aliphatic heterocycles. The number of aromatic nitrogens is 1. The van der Waals surface area contributed by atoms with E-state index < -0.39 is 0 Å². The summed E-state index contributed by atoms with van der Waals surface area (Å²) in [6, 6.07) is 11.8. The van der Waals surface area contributed by atoms with E-state index in [9.17, 15) is 4.79 Å². The highest BCUT2D eigenvalue weighted by Gasteiger charge is 2.21. The molecular weight excluding hydrogens is 338 g/mol. The molecule has 1 aliphatic rings. The molecule has 132 valence electrons. The van der Waals surface area contributed by atoms with Gasteiger partial charge in [0.05, 0.1) is 7.11 Å². The van der Waals surface area contributed by atoms with Crippen LogP contribution in [0.2, 0.25) is 5.15 Å². The first-order valence-electron chi connectivity index (χ1n) is 8.37. The van der Waals surface area contributed by atoms with Gasteiger partial charge < -0.3 is 9.64 Å². The predicted octanol–water partition coefficient (Wildman–Crippen LogP) is 2.98. The number of rotatable bonds is 5. The maximum atomic E-state index is 12.4. The second-order valence-electron chi connectivity index (χ2n) is 6.18. The molecule has 0 spiro atoms. The summed E-state index contributed by atoms with van der Waals surface area (Å²) >= 11 is 5.82. The van der Waals surface area contributed by atoms with Gasteiger partial charge in [-0.2, -0.15) is 0 Å². The third kappa shape index (κ3) is 4.94. The molecule has 1 aromatic carbocycles. The molecule has 1 saturated heterocycles. The summed E-state index contributed by atoms with van der Waals surface area (Å²) in [4.78, 5) is 20.7. The van der Waals surface area contributed by atoms with Crippen LogP contribution >= 0.6 is 11.6 Å². The van der Waals surface area contributed by atoms with Gasteiger partial charge in [-0.1, -0.05) is 29.8 Å². The van der Waals surface area contributed by atoms with Crippen molar-refractivity contribution >= 4 is 17.5 Å². The lowest BCUT2D eigenvalue weighted by molar-refractivity contribution is -0.130. The summed E-state index contributed by atoms with van der Waals surface area (Å²) < 4.78 is 5.28. The average molecular weight is 360 g/mol.